The van der Waals surface area contributed by atoms with E-state index in [1.807, 2.05) is 12.1 Å². The number of nitrogens with one attached hydrogen (secondary N) is 1. The minimum atomic E-state index is -0.255. The van der Waals surface area contributed by atoms with Gasteiger partial charge in [-0.25, -0.2) is 4.68 Å². The van der Waals surface area contributed by atoms with E-state index in [2.05, 4.69) is 31.3 Å². The van der Waals surface area contributed by atoms with Gasteiger partial charge in [0.15, 0.2) is 4.73 Å². The van der Waals surface area contributed by atoms with Gasteiger partial charge < -0.3 is 15.8 Å². The van der Waals surface area contributed by atoms with Crippen molar-refractivity contribution in [3.05, 3.63) is 29.0 Å². The second-order valence-electron chi connectivity index (χ2n) is 3.65. The van der Waals surface area contributed by atoms with Crippen molar-refractivity contribution in [3.63, 3.8) is 0 Å². The summed E-state index contributed by atoms with van der Waals surface area (Å²) in [5.41, 5.74) is 6.03. The van der Waals surface area contributed by atoms with Gasteiger partial charge in [-0.1, -0.05) is 12.1 Å². The average Bonchev–Trinajstić information content (AvgIpc) is 2.68. The number of hydrogen-bond donors (Lipinski definition) is 2. The predicted octanol–water partition coefficient (Wildman–Crippen LogP) is 1.27. The van der Waals surface area contributed by atoms with Crippen LogP contribution in [0.2, 0.25) is 0 Å². The number of anilines is 2. The average molecular weight is 326 g/mol. The van der Waals surface area contributed by atoms with Crippen LogP contribution < -0.4 is 15.8 Å². The highest BCUT2D eigenvalue weighted by molar-refractivity contribution is 9.10. The highest BCUT2D eigenvalue weighted by atomic mass is 79.9. The number of rotatable bonds is 4. The Morgan fingerprint density at radius 2 is 2.26 bits per heavy atom. The van der Waals surface area contributed by atoms with Gasteiger partial charge in [0, 0.05) is 0 Å². The Kier molecular flexibility index (Phi) is 4.00. The molecule has 1 aromatic heterocycles. The van der Waals surface area contributed by atoms with Gasteiger partial charge in [-0.3, -0.25) is 4.79 Å². The Balaban J connectivity index is 2.07. The fourth-order valence-electron chi connectivity index (χ4n) is 1.51. The van der Waals surface area contributed by atoms with Gasteiger partial charge in [0.1, 0.15) is 12.3 Å². The minimum absolute atomic E-state index is 0.00281. The lowest BCUT2D eigenvalue weighted by molar-refractivity contribution is -0.117. The number of aromatic nitrogens is 3. The van der Waals surface area contributed by atoms with Crippen molar-refractivity contribution in [3.8, 4) is 5.75 Å². The molecule has 1 heterocycles. The van der Waals surface area contributed by atoms with Gasteiger partial charge in [0.25, 0.3) is 0 Å². The molecule has 0 unspecified atom stereocenters. The van der Waals surface area contributed by atoms with Crippen LogP contribution in [0.4, 0.5) is 11.6 Å². The third kappa shape index (κ3) is 3.22. The van der Waals surface area contributed by atoms with Crippen molar-refractivity contribution in [2.24, 2.45) is 0 Å². The van der Waals surface area contributed by atoms with E-state index in [9.17, 15) is 4.79 Å². The lowest BCUT2D eigenvalue weighted by Crippen LogP contribution is -2.20. The monoisotopic (exact) mass is 325 g/mol. The molecule has 2 aromatic rings. The quantitative estimate of drug-likeness (QED) is 0.882. The van der Waals surface area contributed by atoms with Gasteiger partial charge >= 0.3 is 0 Å². The lowest BCUT2D eigenvalue weighted by Gasteiger charge is -2.09. The number of ether oxygens (including phenoxy) is 1. The van der Waals surface area contributed by atoms with E-state index in [1.165, 1.54) is 4.68 Å². The predicted molar refractivity (Wildman–Crippen MR) is 73.8 cm³/mol. The number of para-hydroxylation sites is 2. The molecule has 8 heteroatoms. The van der Waals surface area contributed by atoms with E-state index in [0.717, 1.165) is 0 Å². The summed E-state index contributed by atoms with van der Waals surface area (Å²) in [6, 6.07) is 7.14. The first-order valence-corrected chi connectivity index (χ1v) is 6.18. The molecule has 0 aliphatic heterocycles. The maximum absolute atomic E-state index is 11.9. The highest BCUT2D eigenvalue weighted by Crippen LogP contribution is 2.23. The lowest BCUT2D eigenvalue weighted by atomic mass is 10.3. The van der Waals surface area contributed by atoms with Gasteiger partial charge in [-0.05, 0) is 28.1 Å². The smallest absolute Gasteiger partial charge is 0.246 e. The first kappa shape index (κ1) is 13.3. The van der Waals surface area contributed by atoms with Crippen molar-refractivity contribution in [2.45, 2.75) is 6.54 Å². The molecule has 1 aromatic carbocycles. The second-order valence-corrected chi connectivity index (χ2v) is 4.35. The Bertz CT molecular complexity index is 599. The van der Waals surface area contributed by atoms with Gasteiger partial charge in [0.05, 0.1) is 12.8 Å². The van der Waals surface area contributed by atoms with E-state index >= 15 is 0 Å². The van der Waals surface area contributed by atoms with Crippen molar-refractivity contribution in [1.82, 2.24) is 14.8 Å². The number of nitrogens with two attached hydrogens (primary N) is 1. The SMILES string of the molecule is COc1ccccc1NC(=O)Cn1nc(N)nc1Br. The summed E-state index contributed by atoms with van der Waals surface area (Å²) in [5.74, 6) is 0.445. The van der Waals surface area contributed by atoms with Gasteiger partial charge in [0.2, 0.25) is 11.9 Å². The molecule has 100 valence electrons. The maximum Gasteiger partial charge on any atom is 0.246 e. The number of carbonyl (C=O) groups is 1. The standard InChI is InChI=1S/C11H12BrN5O2/c1-19-8-5-3-2-4-7(8)14-9(18)6-17-10(12)15-11(13)16-17/h2-5H,6H2,1H3,(H2,13,16)(H,14,18). The molecule has 0 fully saturated rings. The molecule has 7 nitrogen and oxygen atoms in total. The third-order valence-corrected chi connectivity index (χ3v) is 2.90. The number of benzene rings is 1. The van der Waals surface area contributed by atoms with Crippen LogP contribution in [-0.2, 0) is 11.3 Å². The zero-order valence-corrected chi connectivity index (χ0v) is 11.7. The summed E-state index contributed by atoms with van der Waals surface area (Å²) in [7, 11) is 1.54. The first-order chi connectivity index (χ1) is 9.10. The van der Waals surface area contributed by atoms with Crippen LogP contribution in [-0.4, -0.2) is 27.8 Å². The van der Waals surface area contributed by atoms with Crippen LogP contribution in [0, 0.1) is 0 Å². The highest BCUT2D eigenvalue weighted by Gasteiger charge is 2.11. The zero-order chi connectivity index (χ0) is 13.8. The Labute approximate surface area is 117 Å². The fraction of sp³-hybridized carbons (Fsp3) is 0.182. The summed E-state index contributed by atoms with van der Waals surface area (Å²) in [6.07, 6.45) is 0. The van der Waals surface area contributed by atoms with Gasteiger partial charge in [-0.2, -0.15) is 4.98 Å². The van der Waals surface area contributed by atoms with E-state index < -0.39 is 0 Å². The molecular formula is C11H12BrN5O2. The van der Waals surface area contributed by atoms with Crippen molar-refractivity contribution >= 4 is 33.5 Å². The van der Waals surface area contributed by atoms with Crippen LogP contribution in [0.3, 0.4) is 0 Å². The van der Waals surface area contributed by atoms with Crippen molar-refractivity contribution in [1.29, 1.82) is 0 Å². The molecular weight excluding hydrogens is 314 g/mol. The van der Waals surface area contributed by atoms with Gasteiger partial charge in [-0.15, -0.1) is 5.10 Å². The molecule has 0 saturated heterocycles. The summed E-state index contributed by atoms with van der Waals surface area (Å²) in [5, 5.41) is 6.61. The molecule has 0 aliphatic rings. The second kappa shape index (κ2) is 5.70. The zero-order valence-electron chi connectivity index (χ0n) is 10.1. The molecule has 2 rings (SSSR count). The Morgan fingerprint density at radius 1 is 1.53 bits per heavy atom. The first-order valence-electron chi connectivity index (χ1n) is 5.39. The molecule has 3 N–H and O–H groups in total. The number of carbonyl (C=O) groups excluding carboxylic acids is 1. The molecule has 0 bridgehead atoms. The van der Waals surface area contributed by atoms with E-state index in [0.29, 0.717) is 16.2 Å². The van der Waals surface area contributed by atoms with E-state index in [1.54, 1.807) is 19.2 Å². The summed E-state index contributed by atoms with van der Waals surface area (Å²) < 4.78 is 6.91. The minimum Gasteiger partial charge on any atom is -0.495 e. The van der Waals surface area contributed by atoms with Crippen molar-refractivity contribution < 1.29 is 9.53 Å². The maximum atomic E-state index is 11.9. The van der Waals surface area contributed by atoms with Crippen LogP contribution in [0.5, 0.6) is 5.75 Å². The largest absolute Gasteiger partial charge is 0.495 e. The number of halogens is 1. The van der Waals surface area contributed by atoms with Crippen LogP contribution in [0.15, 0.2) is 29.0 Å². The fourth-order valence-corrected chi connectivity index (χ4v) is 1.90. The molecule has 0 atom stereocenters. The van der Waals surface area contributed by atoms with Crippen LogP contribution in [0.1, 0.15) is 0 Å². The molecule has 0 saturated carbocycles. The Hall–Kier alpha value is -2.09. The van der Waals surface area contributed by atoms with Crippen LogP contribution in [0.25, 0.3) is 0 Å². The molecule has 0 radical (unpaired) electrons. The third-order valence-electron chi connectivity index (χ3n) is 2.32. The Morgan fingerprint density at radius 3 is 2.89 bits per heavy atom. The normalized spacial score (nSPS) is 10.2. The summed E-state index contributed by atoms with van der Waals surface area (Å²) in [4.78, 5) is 15.7. The number of nitrogen functional groups attached to an aromatic ring is 1. The summed E-state index contributed by atoms with van der Waals surface area (Å²) >= 11 is 3.16. The molecule has 0 spiro atoms. The summed E-state index contributed by atoms with van der Waals surface area (Å²) in [6.45, 7) is 0.00281. The number of amides is 1. The molecule has 19 heavy (non-hydrogen) atoms. The number of nitrogens with zero attached hydrogens (tertiary/aromatic N) is 3. The number of hydrogen-bond acceptors (Lipinski definition) is 5. The van der Waals surface area contributed by atoms with Crippen molar-refractivity contribution in [2.75, 3.05) is 18.2 Å². The number of methoxy groups -OCH3 is 1. The van der Waals surface area contributed by atoms with E-state index in [-0.39, 0.29) is 18.4 Å². The molecule has 1 amide bonds. The topological polar surface area (TPSA) is 95.1 Å². The van der Waals surface area contributed by atoms with Crippen LogP contribution >= 0.6 is 15.9 Å². The molecule has 0 aliphatic carbocycles. The van der Waals surface area contributed by atoms with E-state index in [4.69, 9.17) is 10.5 Å².